The van der Waals surface area contributed by atoms with E-state index in [2.05, 4.69) is 43.8 Å². The minimum atomic E-state index is 0.0721. The number of piperazine rings is 1. The molecule has 1 atom stereocenters. The monoisotopic (exact) mass is 339 g/mol. The Kier molecular flexibility index (Phi) is 5.19. The lowest BCUT2D eigenvalue weighted by Crippen LogP contribution is -2.49. The fourth-order valence-electron chi connectivity index (χ4n) is 2.73. The molecule has 0 radical (unpaired) electrons. The van der Waals surface area contributed by atoms with Crippen molar-refractivity contribution in [3.8, 4) is 6.07 Å². The number of aromatic nitrogens is 2. The molecule has 0 saturated carbocycles. The van der Waals surface area contributed by atoms with Gasteiger partial charge in [0.1, 0.15) is 0 Å². The number of halogens is 1. The Labute approximate surface area is 129 Å². The van der Waals surface area contributed by atoms with E-state index in [9.17, 15) is 0 Å². The molecule has 0 aliphatic carbocycles. The molecule has 0 spiro atoms. The Morgan fingerprint density at radius 2 is 2.00 bits per heavy atom. The molecule has 2 heterocycles. The van der Waals surface area contributed by atoms with E-state index >= 15 is 0 Å². The van der Waals surface area contributed by atoms with Gasteiger partial charge in [-0.05, 0) is 29.3 Å². The molecule has 0 aromatic carbocycles. The molecule has 0 bridgehead atoms. The first-order valence-corrected chi connectivity index (χ1v) is 7.90. The summed E-state index contributed by atoms with van der Waals surface area (Å²) < 4.78 is 3.07. The van der Waals surface area contributed by atoms with Crippen LogP contribution in [0.25, 0.3) is 0 Å². The molecule has 5 nitrogen and oxygen atoms in total. The lowest BCUT2D eigenvalue weighted by Gasteiger charge is -2.36. The molecule has 1 aromatic rings. The Hall–Kier alpha value is -0.900. The van der Waals surface area contributed by atoms with E-state index in [0.29, 0.717) is 0 Å². The average molecular weight is 340 g/mol. The molecule has 0 amide bonds. The molecule has 6 heteroatoms. The van der Waals surface area contributed by atoms with E-state index in [4.69, 9.17) is 5.26 Å². The first kappa shape index (κ1) is 15.5. The number of nitriles is 1. The van der Waals surface area contributed by atoms with E-state index in [0.717, 1.165) is 49.3 Å². The van der Waals surface area contributed by atoms with Crippen molar-refractivity contribution in [3.63, 3.8) is 0 Å². The minimum Gasteiger partial charge on any atom is -0.295 e. The molecule has 1 fully saturated rings. The summed E-state index contributed by atoms with van der Waals surface area (Å²) in [6.45, 7) is 8.97. The highest BCUT2D eigenvalue weighted by Gasteiger charge is 2.23. The zero-order chi connectivity index (χ0) is 14.7. The second kappa shape index (κ2) is 6.70. The molecular formula is C14H22BrN5. The Morgan fingerprint density at radius 1 is 1.35 bits per heavy atom. The number of nitrogens with zero attached hydrogens (tertiary/aromatic N) is 5. The summed E-state index contributed by atoms with van der Waals surface area (Å²) in [6.07, 6.45) is 0.906. The number of aryl methyl sites for hydroxylation is 2. The number of rotatable bonds is 4. The third-order valence-corrected chi connectivity index (χ3v) is 5.05. The van der Waals surface area contributed by atoms with Crippen molar-refractivity contribution >= 4 is 15.9 Å². The summed E-state index contributed by atoms with van der Waals surface area (Å²) in [5, 5.41) is 13.6. The predicted molar refractivity (Wildman–Crippen MR) is 82.2 cm³/mol. The highest BCUT2D eigenvalue weighted by atomic mass is 79.9. The SMILES string of the molecule is CCC(C#N)N1CCN(Cc2c(Br)c(C)nn2C)CC1. The van der Waals surface area contributed by atoms with E-state index in [1.807, 2.05) is 18.7 Å². The zero-order valence-corrected chi connectivity index (χ0v) is 14.0. The summed E-state index contributed by atoms with van der Waals surface area (Å²) in [5.41, 5.74) is 2.26. The van der Waals surface area contributed by atoms with Gasteiger partial charge in [0.25, 0.3) is 0 Å². The quantitative estimate of drug-likeness (QED) is 0.840. The smallest absolute Gasteiger partial charge is 0.0976 e. The van der Waals surface area contributed by atoms with Crippen LogP contribution in [-0.4, -0.2) is 51.8 Å². The average Bonchev–Trinajstić information content (AvgIpc) is 2.68. The van der Waals surface area contributed by atoms with Gasteiger partial charge in [-0.25, -0.2) is 0 Å². The molecule has 110 valence electrons. The highest BCUT2D eigenvalue weighted by Crippen LogP contribution is 2.22. The lowest BCUT2D eigenvalue weighted by atomic mass is 10.2. The Balaban J connectivity index is 1.93. The van der Waals surface area contributed by atoms with Gasteiger partial charge < -0.3 is 0 Å². The second-order valence-electron chi connectivity index (χ2n) is 5.33. The maximum absolute atomic E-state index is 9.13. The summed E-state index contributed by atoms with van der Waals surface area (Å²) in [6, 6.07) is 2.47. The van der Waals surface area contributed by atoms with Crippen molar-refractivity contribution in [2.24, 2.45) is 7.05 Å². The van der Waals surface area contributed by atoms with Crippen LogP contribution in [0.4, 0.5) is 0 Å². The fourth-order valence-corrected chi connectivity index (χ4v) is 3.19. The van der Waals surface area contributed by atoms with Crippen molar-refractivity contribution in [3.05, 3.63) is 15.9 Å². The van der Waals surface area contributed by atoms with Gasteiger partial charge in [0.05, 0.1) is 28.0 Å². The van der Waals surface area contributed by atoms with Crippen molar-refractivity contribution < 1.29 is 0 Å². The summed E-state index contributed by atoms with van der Waals surface area (Å²) >= 11 is 3.62. The van der Waals surface area contributed by atoms with Crippen LogP contribution >= 0.6 is 15.9 Å². The van der Waals surface area contributed by atoms with Crippen molar-refractivity contribution in [1.29, 1.82) is 5.26 Å². The van der Waals surface area contributed by atoms with Crippen LogP contribution in [0.5, 0.6) is 0 Å². The molecule has 1 aromatic heterocycles. The van der Waals surface area contributed by atoms with Crippen molar-refractivity contribution in [1.82, 2.24) is 19.6 Å². The maximum Gasteiger partial charge on any atom is 0.0976 e. The van der Waals surface area contributed by atoms with E-state index in [-0.39, 0.29) is 6.04 Å². The van der Waals surface area contributed by atoms with Gasteiger partial charge in [-0.1, -0.05) is 6.92 Å². The third-order valence-electron chi connectivity index (χ3n) is 4.02. The zero-order valence-electron chi connectivity index (χ0n) is 12.4. The molecule has 1 aliphatic heterocycles. The Morgan fingerprint density at radius 3 is 2.45 bits per heavy atom. The lowest BCUT2D eigenvalue weighted by molar-refractivity contribution is 0.106. The molecular weight excluding hydrogens is 318 g/mol. The normalized spacial score (nSPS) is 18.9. The molecule has 2 rings (SSSR count). The van der Waals surface area contributed by atoms with Crippen LogP contribution in [0.1, 0.15) is 24.7 Å². The van der Waals surface area contributed by atoms with Gasteiger partial charge in [-0.2, -0.15) is 10.4 Å². The second-order valence-corrected chi connectivity index (χ2v) is 6.13. The third kappa shape index (κ3) is 3.22. The van der Waals surface area contributed by atoms with Crippen LogP contribution in [-0.2, 0) is 13.6 Å². The highest BCUT2D eigenvalue weighted by molar-refractivity contribution is 9.10. The molecule has 1 aliphatic rings. The molecule has 1 unspecified atom stereocenters. The standard InChI is InChI=1S/C14H22BrN5/c1-4-12(9-16)20-7-5-19(6-8-20)10-13-14(15)11(2)17-18(13)3/h12H,4-8,10H2,1-3H3. The molecule has 0 N–H and O–H groups in total. The van der Waals surface area contributed by atoms with Crippen molar-refractivity contribution in [2.45, 2.75) is 32.9 Å². The maximum atomic E-state index is 9.13. The van der Waals surface area contributed by atoms with E-state index in [1.54, 1.807) is 0 Å². The van der Waals surface area contributed by atoms with Crippen LogP contribution in [0.3, 0.4) is 0 Å². The van der Waals surface area contributed by atoms with E-state index in [1.165, 1.54) is 5.69 Å². The summed E-state index contributed by atoms with van der Waals surface area (Å²) in [5.74, 6) is 0. The van der Waals surface area contributed by atoms with Crippen LogP contribution in [0, 0.1) is 18.3 Å². The van der Waals surface area contributed by atoms with E-state index < -0.39 is 0 Å². The largest absolute Gasteiger partial charge is 0.295 e. The van der Waals surface area contributed by atoms with Crippen molar-refractivity contribution in [2.75, 3.05) is 26.2 Å². The number of hydrogen-bond donors (Lipinski definition) is 0. The number of hydrogen-bond acceptors (Lipinski definition) is 4. The summed E-state index contributed by atoms with van der Waals surface area (Å²) in [4.78, 5) is 4.72. The first-order chi connectivity index (χ1) is 9.56. The van der Waals surface area contributed by atoms with Crippen LogP contribution in [0.15, 0.2) is 4.47 Å². The Bertz CT molecular complexity index is 496. The van der Waals surface area contributed by atoms with Gasteiger partial charge in [0, 0.05) is 39.8 Å². The molecule has 20 heavy (non-hydrogen) atoms. The van der Waals surface area contributed by atoms with Gasteiger partial charge in [0.15, 0.2) is 0 Å². The van der Waals surface area contributed by atoms with Crippen LogP contribution < -0.4 is 0 Å². The van der Waals surface area contributed by atoms with Gasteiger partial charge in [-0.15, -0.1) is 0 Å². The minimum absolute atomic E-state index is 0.0721. The van der Waals surface area contributed by atoms with Gasteiger partial charge >= 0.3 is 0 Å². The fraction of sp³-hybridized carbons (Fsp3) is 0.714. The predicted octanol–water partition coefficient (Wildman–Crippen LogP) is 1.91. The van der Waals surface area contributed by atoms with Gasteiger partial charge in [0.2, 0.25) is 0 Å². The van der Waals surface area contributed by atoms with Crippen LogP contribution in [0.2, 0.25) is 0 Å². The van der Waals surface area contributed by atoms with Gasteiger partial charge in [-0.3, -0.25) is 14.5 Å². The summed E-state index contributed by atoms with van der Waals surface area (Å²) in [7, 11) is 1.99. The first-order valence-electron chi connectivity index (χ1n) is 7.10. The topological polar surface area (TPSA) is 48.1 Å². The molecule has 1 saturated heterocycles.